The first-order valence-electron chi connectivity index (χ1n) is 5.46. The smallest absolute Gasteiger partial charge is 0.152 e. The summed E-state index contributed by atoms with van der Waals surface area (Å²) in [6.07, 6.45) is 0. The lowest BCUT2D eigenvalue weighted by Crippen LogP contribution is -2.01. The third-order valence-electron chi connectivity index (χ3n) is 2.37. The molecule has 17 heavy (non-hydrogen) atoms. The number of nitriles is 1. The molecule has 0 fully saturated rings. The zero-order chi connectivity index (χ0) is 12.4. The van der Waals surface area contributed by atoms with Crippen LogP contribution in [0.25, 0.3) is 11.5 Å². The molecule has 0 aromatic carbocycles. The van der Waals surface area contributed by atoms with Gasteiger partial charge in [-0.25, -0.2) is 9.97 Å². The molecule has 0 unspecified atom stereocenters. The molecule has 0 amide bonds. The van der Waals surface area contributed by atoms with E-state index in [0.717, 1.165) is 5.76 Å². The van der Waals surface area contributed by atoms with Crippen LogP contribution < -0.4 is 0 Å². The van der Waals surface area contributed by atoms with Gasteiger partial charge in [-0.2, -0.15) is 5.26 Å². The Bertz CT molecular complexity index is 579. The van der Waals surface area contributed by atoms with E-state index in [4.69, 9.17) is 9.68 Å². The minimum atomic E-state index is 0.179. The van der Waals surface area contributed by atoms with Gasteiger partial charge in [0.05, 0.1) is 0 Å². The Balaban J connectivity index is 2.54. The minimum Gasteiger partial charge on any atom is -0.460 e. The van der Waals surface area contributed by atoms with E-state index in [2.05, 4.69) is 9.97 Å². The van der Waals surface area contributed by atoms with Crippen LogP contribution in [0.4, 0.5) is 0 Å². The minimum absolute atomic E-state index is 0.179. The number of aryl methyl sites for hydroxylation is 1. The fraction of sp³-hybridized carbons (Fsp3) is 0.308. The molecule has 0 bridgehead atoms. The van der Waals surface area contributed by atoms with Gasteiger partial charge in [-0.1, -0.05) is 13.8 Å². The van der Waals surface area contributed by atoms with Crippen LogP contribution in [0.3, 0.4) is 0 Å². The molecule has 2 aromatic heterocycles. The summed E-state index contributed by atoms with van der Waals surface area (Å²) in [4.78, 5) is 8.58. The third kappa shape index (κ3) is 2.34. The van der Waals surface area contributed by atoms with Crippen LogP contribution in [0, 0.1) is 18.3 Å². The highest BCUT2D eigenvalue weighted by Gasteiger charge is 2.11. The third-order valence-corrected chi connectivity index (χ3v) is 2.37. The predicted molar refractivity (Wildman–Crippen MR) is 63.3 cm³/mol. The molecule has 2 aromatic rings. The van der Waals surface area contributed by atoms with E-state index in [1.54, 1.807) is 6.07 Å². The maximum absolute atomic E-state index is 8.95. The molecule has 0 spiro atoms. The summed E-state index contributed by atoms with van der Waals surface area (Å²) >= 11 is 0. The van der Waals surface area contributed by atoms with Gasteiger partial charge in [-0.3, -0.25) is 0 Å². The van der Waals surface area contributed by atoms with Crippen LogP contribution in [0.5, 0.6) is 0 Å². The largest absolute Gasteiger partial charge is 0.460 e. The molecule has 86 valence electrons. The number of hydrogen-bond acceptors (Lipinski definition) is 4. The summed E-state index contributed by atoms with van der Waals surface area (Å²) in [6, 6.07) is 7.41. The molecule has 0 atom stereocenters. The molecule has 0 saturated heterocycles. The lowest BCUT2D eigenvalue weighted by molar-refractivity contribution is 0.545. The van der Waals surface area contributed by atoms with Gasteiger partial charge in [0, 0.05) is 12.0 Å². The number of hydrogen-bond donors (Lipinski definition) is 0. The van der Waals surface area contributed by atoms with Crippen molar-refractivity contribution in [1.29, 1.82) is 5.26 Å². The van der Waals surface area contributed by atoms with Crippen LogP contribution in [0.2, 0.25) is 0 Å². The SMILES string of the molecule is Cc1ccc(-c2cc(C#N)nc(C(C)C)n2)o1. The first-order chi connectivity index (χ1) is 8.10. The standard InChI is InChI=1S/C13H13N3O/c1-8(2)13-15-10(7-14)6-11(16-13)12-5-4-9(3)17-12/h4-6,8H,1-3H3. The Kier molecular flexibility index (Phi) is 2.92. The first kappa shape index (κ1) is 11.3. The first-order valence-corrected chi connectivity index (χ1v) is 5.46. The van der Waals surface area contributed by atoms with Gasteiger partial charge in [0.2, 0.25) is 0 Å². The summed E-state index contributed by atoms with van der Waals surface area (Å²) in [5.41, 5.74) is 1.03. The molecular weight excluding hydrogens is 214 g/mol. The Morgan fingerprint density at radius 3 is 2.59 bits per heavy atom. The van der Waals surface area contributed by atoms with Gasteiger partial charge >= 0.3 is 0 Å². The Morgan fingerprint density at radius 2 is 2.06 bits per heavy atom. The zero-order valence-corrected chi connectivity index (χ0v) is 10.1. The van der Waals surface area contributed by atoms with E-state index in [1.807, 2.05) is 39.0 Å². The fourth-order valence-corrected chi connectivity index (χ4v) is 1.48. The summed E-state index contributed by atoms with van der Waals surface area (Å²) in [6.45, 7) is 5.86. The van der Waals surface area contributed by atoms with E-state index >= 15 is 0 Å². The molecule has 0 aliphatic carbocycles. The van der Waals surface area contributed by atoms with Gasteiger partial charge in [0.25, 0.3) is 0 Å². The molecule has 4 heteroatoms. The topological polar surface area (TPSA) is 62.7 Å². The van der Waals surface area contributed by atoms with Crippen molar-refractivity contribution in [1.82, 2.24) is 9.97 Å². The van der Waals surface area contributed by atoms with Crippen molar-refractivity contribution in [2.24, 2.45) is 0 Å². The lowest BCUT2D eigenvalue weighted by atomic mass is 10.2. The van der Waals surface area contributed by atoms with E-state index in [0.29, 0.717) is 23.0 Å². The Labute approximate surface area is 99.9 Å². The molecule has 0 aliphatic rings. The number of furan rings is 1. The monoisotopic (exact) mass is 227 g/mol. The molecule has 0 saturated carbocycles. The second-order valence-electron chi connectivity index (χ2n) is 4.17. The van der Waals surface area contributed by atoms with Crippen molar-refractivity contribution in [3.63, 3.8) is 0 Å². The second-order valence-corrected chi connectivity index (χ2v) is 4.17. The van der Waals surface area contributed by atoms with Crippen LogP contribution >= 0.6 is 0 Å². The van der Waals surface area contributed by atoms with Crippen molar-refractivity contribution < 1.29 is 4.42 Å². The maximum atomic E-state index is 8.95. The Hall–Kier alpha value is -2.15. The maximum Gasteiger partial charge on any atom is 0.152 e. The van der Waals surface area contributed by atoms with Crippen molar-refractivity contribution in [3.05, 3.63) is 35.5 Å². The van der Waals surface area contributed by atoms with Crippen molar-refractivity contribution in [2.45, 2.75) is 26.7 Å². The van der Waals surface area contributed by atoms with Crippen molar-refractivity contribution in [2.75, 3.05) is 0 Å². The van der Waals surface area contributed by atoms with E-state index in [9.17, 15) is 0 Å². The van der Waals surface area contributed by atoms with Crippen LogP contribution in [0.1, 0.15) is 37.0 Å². The number of rotatable bonds is 2. The highest BCUT2D eigenvalue weighted by atomic mass is 16.3. The van der Waals surface area contributed by atoms with Crippen LogP contribution in [-0.2, 0) is 0 Å². The molecule has 0 N–H and O–H groups in total. The van der Waals surface area contributed by atoms with Crippen LogP contribution in [0.15, 0.2) is 22.6 Å². The Morgan fingerprint density at radius 1 is 1.29 bits per heavy atom. The average Bonchev–Trinajstić information content (AvgIpc) is 2.75. The van der Waals surface area contributed by atoms with Gasteiger partial charge in [0.15, 0.2) is 5.76 Å². The van der Waals surface area contributed by atoms with E-state index < -0.39 is 0 Å². The van der Waals surface area contributed by atoms with Crippen LogP contribution in [-0.4, -0.2) is 9.97 Å². The zero-order valence-electron chi connectivity index (χ0n) is 10.1. The highest BCUT2D eigenvalue weighted by Crippen LogP contribution is 2.22. The molecule has 0 radical (unpaired) electrons. The molecule has 2 heterocycles. The van der Waals surface area contributed by atoms with E-state index in [1.165, 1.54) is 0 Å². The van der Waals surface area contributed by atoms with Crippen molar-refractivity contribution >= 4 is 0 Å². The van der Waals surface area contributed by atoms with Gasteiger partial charge in [-0.05, 0) is 19.1 Å². The normalized spacial score (nSPS) is 10.5. The number of nitrogens with zero attached hydrogens (tertiary/aromatic N) is 3. The van der Waals surface area contributed by atoms with E-state index in [-0.39, 0.29) is 5.92 Å². The summed E-state index contributed by atoms with van der Waals surface area (Å²) < 4.78 is 5.50. The van der Waals surface area contributed by atoms with Gasteiger partial charge in [0.1, 0.15) is 29.0 Å². The van der Waals surface area contributed by atoms with Gasteiger partial charge < -0.3 is 4.42 Å². The quantitative estimate of drug-likeness (QED) is 0.791. The fourth-order valence-electron chi connectivity index (χ4n) is 1.48. The summed E-state index contributed by atoms with van der Waals surface area (Å²) in [5, 5.41) is 8.95. The second kappa shape index (κ2) is 4.38. The molecular formula is C13H13N3O. The summed E-state index contributed by atoms with van der Waals surface area (Å²) in [7, 11) is 0. The van der Waals surface area contributed by atoms with Crippen molar-refractivity contribution in [3.8, 4) is 17.5 Å². The molecule has 2 rings (SSSR count). The highest BCUT2D eigenvalue weighted by molar-refractivity contribution is 5.54. The lowest BCUT2D eigenvalue weighted by Gasteiger charge is -2.05. The average molecular weight is 227 g/mol. The number of aromatic nitrogens is 2. The molecule has 0 aliphatic heterocycles. The van der Waals surface area contributed by atoms with Gasteiger partial charge in [-0.15, -0.1) is 0 Å². The predicted octanol–water partition coefficient (Wildman–Crippen LogP) is 3.04. The summed E-state index contributed by atoms with van der Waals surface area (Å²) in [5.74, 6) is 2.33. The molecule has 4 nitrogen and oxygen atoms in total.